The van der Waals surface area contributed by atoms with Gasteiger partial charge in [0.05, 0.1) is 12.4 Å². The molecular formula is C23H40N10O5. The molecule has 4 unspecified atom stereocenters. The molecule has 1 aliphatic heterocycles. The lowest BCUT2D eigenvalue weighted by Gasteiger charge is -2.29. The van der Waals surface area contributed by atoms with Gasteiger partial charge in [0.15, 0.2) is 5.96 Å². The normalized spacial score (nSPS) is 17.3. The molecule has 1 aromatic rings. The second-order valence-corrected chi connectivity index (χ2v) is 9.27. The summed E-state index contributed by atoms with van der Waals surface area (Å²) < 4.78 is 0. The third-order valence-corrected chi connectivity index (χ3v) is 6.30. The van der Waals surface area contributed by atoms with Crippen LogP contribution in [0.1, 0.15) is 50.6 Å². The molecule has 38 heavy (non-hydrogen) atoms. The van der Waals surface area contributed by atoms with Crippen LogP contribution < -0.4 is 33.6 Å². The van der Waals surface area contributed by atoms with Gasteiger partial charge in [-0.1, -0.05) is 6.42 Å². The van der Waals surface area contributed by atoms with Crippen LogP contribution in [0, 0.1) is 0 Å². The van der Waals surface area contributed by atoms with E-state index in [9.17, 15) is 24.3 Å². The number of aromatic amines is 1. The highest BCUT2D eigenvalue weighted by molar-refractivity contribution is 5.94. The molecule has 15 nitrogen and oxygen atoms in total. The van der Waals surface area contributed by atoms with E-state index in [0.717, 1.165) is 6.42 Å². The molecule has 0 aliphatic carbocycles. The first-order valence-corrected chi connectivity index (χ1v) is 12.8. The van der Waals surface area contributed by atoms with Gasteiger partial charge in [-0.05, 0) is 45.1 Å². The van der Waals surface area contributed by atoms with Crippen molar-refractivity contribution in [1.82, 2.24) is 25.5 Å². The average Bonchev–Trinajstić information content (AvgIpc) is 3.57. The molecule has 0 saturated carbocycles. The Balaban J connectivity index is 2.18. The molecule has 12 N–H and O–H groups in total. The molecule has 4 atom stereocenters. The molecule has 1 fully saturated rings. The minimum atomic E-state index is -1.10. The summed E-state index contributed by atoms with van der Waals surface area (Å²) in [6, 6.07) is -3.91. The predicted molar refractivity (Wildman–Crippen MR) is 139 cm³/mol. The minimum Gasteiger partial charge on any atom is -0.480 e. The number of hydrogen-bond acceptors (Lipinski definition) is 8. The Kier molecular flexibility index (Phi) is 12.5. The molecule has 0 bridgehead atoms. The first-order chi connectivity index (χ1) is 18.1. The molecule has 212 valence electrons. The number of hydrogen-bond donors (Lipinski definition) is 8. The minimum absolute atomic E-state index is 0.0729. The lowest BCUT2D eigenvalue weighted by atomic mass is 10.1. The van der Waals surface area contributed by atoms with Crippen molar-refractivity contribution in [1.29, 1.82) is 0 Å². The van der Waals surface area contributed by atoms with Crippen LogP contribution in [0.2, 0.25) is 0 Å². The zero-order chi connectivity index (χ0) is 28.1. The quantitative estimate of drug-likeness (QED) is 0.0625. The summed E-state index contributed by atoms with van der Waals surface area (Å²) in [6.07, 6.45) is 6.20. The Labute approximate surface area is 221 Å². The van der Waals surface area contributed by atoms with E-state index in [1.807, 2.05) is 0 Å². The van der Waals surface area contributed by atoms with Crippen molar-refractivity contribution in [3.05, 3.63) is 18.2 Å². The van der Waals surface area contributed by atoms with Gasteiger partial charge >= 0.3 is 5.97 Å². The molecule has 0 radical (unpaired) electrons. The third-order valence-electron chi connectivity index (χ3n) is 6.30. The Hall–Kier alpha value is -3.72. The van der Waals surface area contributed by atoms with Gasteiger partial charge in [-0.15, -0.1) is 0 Å². The van der Waals surface area contributed by atoms with E-state index < -0.39 is 47.9 Å². The number of aromatic nitrogens is 2. The van der Waals surface area contributed by atoms with Crippen LogP contribution in [0.25, 0.3) is 0 Å². The Morgan fingerprint density at radius 1 is 1.13 bits per heavy atom. The standard InChI is InChI=1S/C23H40N10O5/c24-8-2-1-5-15(25)19(34)32-17(11-14-12-28-13-30-14)20(35)31-16(6-3-9-29-23(26)27)21(36)33-10-4-7-18(33)22(37)38/h12-13,15-18H,1-11,24-25H2,(H,28,30)(H,31,35)(H,32,34)(H,37,38)(H4,26,27,29). The van der Waals surface area contributed by atoms with Crippen molar-refractivity contribution in [2.45, 2.75) is 75.5 Å². The number of likely N-dealkylation sites (tertiary alicyclic amines) is 1. The van der Waals surface area contributed by atoms with Crippen molar-refractivity contribution in [3.63, 3.8) is 0 Å². The van der Waals surface area contributed by atoms with E-state index in [4.69, 9.17) is 22.9 Å². The number of carboxylic acid groups (broad SMARTS) is 1. The second kappa shape index (κ2) is 15.5. The highest BCUT2D eigenvalue weighted by Gasteiger charge is 2.38. The topological polar surface area (TPSA) is 261 Å². The molecular weight excluding hydrogens is 496 g/mol. The van der Waals surface area contributed by atoms with Gasteiger partial charge in [0, 0.05) is 31.4 Å². The summed E-state index contributed by atoms with van der Waals surface area (Å²) in [4.78, 5) is 63.2. The number of unbranched alkanes of at least 4 members (excludes halogenated alkanes) is 1. The maximum absolute atomic E-state index is 13.4. The molecule has 1 saturated heterocycles. The van der Waals surface area contributed by atoms with Gasteiger partial charge in [0.25, 0.3) is 0 Å². The first kappa shape index (κ1) is 30.5. The van der Waals surface area contributed by atoms with Crippen LogP contribution in [-0.4, -0.2) is 93.4 Å². The fraction of sp³-hybridized carbons (Fsp3) is 0.652. The number of imidazole rings is 1. The van der Waals surface area contributed by atoms with Crippen LogP contribution >= 0.6 is 0 Å². The number of amides is 3. The number of nitrogens with two attached hydrogens (primary N) is 4. The summed E-state index contributed by atoms with van der Waals surface area (Å²) in [5.74, 6) is -2.85. The van der Waals surface area contributed by atoms with E-state index in [2.05, 4.69) is 25.6 Å². The second-order valence-electron chi connectivity index (χ2n) is 9.27. The van der Waals surface area contributed by atoms with Crippen molar-refractivity contribution in [2.75, 3.05) is 19.6 Å². The lowest BCUT2D eigenvalue weighted by Crippen LogP contribution is -2.57. The highest BCUT2D eigenvalue weighted by atomic mass is 16.4. The fourth-order valence-corrected chi connectivity index (χ4v) is 4.26. The van der Waals surface area contributed by atoms with Gasteiger partial charge in [-0.25, -0.2) is 9.78 Å². The summed E-state index contributed by atoms with van der Waals surface area (Å²) in [5, 5.41) is 14.9. The van der Waals surface area contributed by atoms with Crippen LogP contribution in [0.3, 0.4) is 0 Å². The maximum atomic E-state index is 13.4. The number of carbonyl (C=O) groups excluding carboxylic acids is 3. The average molecular weight is 537 g/mol. The summed E-state index contributed by atoms with van der Waals surface area (Å²) in [7, 11) is 0. The lowest BCUT2D eigenvalue weighted by molar-refractivity contribution is -0.149. The van der Waals surface area contributed by atoms with E-state index in [0.29, 0.717) is 44.3 Å². The van der Waals surface area contributed by atoms with E-state index in [1.165, 1.54) is 17.4 Å². The predicted octanol–water partition coefficient (Wildman–Crippen LogP) is -2.49. The van der Waals surface area contributed by atoms with Crippen molar-refractivity contribution in [3.8, 4) is 0 Å². The summed E-state index contributed by atoms with van der Waals surface area (Å²) in [5.41, 5.74) is 22.8. The SMILES string of the molecule is NCCCCC(N)C(=O)NC(Cc1cnc[nH]1)C(=O)NC(CCCN=C(N)N)C(=O)N1CCCC1C(=O)O. The Morgan fingerprint density at radius 3 is 2.50 bits per heavy atom. The monoisotopic (exact) mass is 536 g/mol. The van der Waals surface area contributed by atoms with Gasteiger partial charge < -0.3 is 48.6 Å². The number of rotatable bonds is 16. The number of aliphatic carboxylic acids is 1. The molecule has 0 aromatic carbocycles. The number of carbonyl (C=O) groups is 4. The molecule has 15 heteroatoms. The summed E-state index contributed by atoms with van der Waals surface area (Å²) in [6.45, 7) is 0.968. The molecule has 0 spiro atoms. The van der Waals surface area contributed by atoms with Crippen molar-refractivity contribution in [2.24, 2.45) is 27.9 Å². The van der Waals surface area contributed by atoms with Gasteiger partial charge in [0.1, 0.15) is 18.1 Å². The van der Waals surface area contributed by atoms with Crippen LogP contribution in [0.4, 0.5) is 0 Å². The Bertz CT molecular complexity index is 950. The molecule has 1 aliphatic rings. The van der Waals surface area contributed by atoms with Crippen LogP contribution in [0.5, 0.6) is 0 Å². The zero-order valence-electron chi connectivity index (χ0n) is 21.5. The summed E-state index contributed by atoms with van der Waals surface area (Å²) >= 11 is 0. The Morgan fingerprint density at radius 2 is 1.87 bits per heavy atom. The van der Waals surface area contributed by atoms with Crippen molar-refractivity contribution < 1.29 is 24.3 Å². The number of guanidine groups is 1. The van der Waals surface area contributed by atoms with Crippen molar-refractivity contribution >= 4 is 29.7 Å². The first-order valence-electron chi connectivity index (χ1n) is 12.8. The van der Waals surface area contributed by atoms with Crippen LogP contribution in [-0.2, 0) is 25.6 Å². The third kappa shape index (κ3) is 9.63. The van der Waals surface area contributed by atoms with Gasteiger partial charge in [-0.3, -0.25) is 19.4 Å². The molecule has 3 amide bonds. The number of H-pyrrole nitrogens is 1. The molecule has 2 heterocycles. The molecule has 2 rings (SSSR count). The van der Waals surface area contributed by atoms with E-state index >= 15 is 0 Å². The van der Waals surface area contributed by atoms with E-state index in [1.54, 1.807) is 0 Å². The maximum Gasteiger partial charge on any atom is 0.326 e. The number of aliphatic imine (C=N–C) groups is 1. The van der Waals surface area contributed by atoms with Gasteiger partial charge in [-0.2, -0.15) is 0 Å². The fourth-order valence-electron chi connectivity index (χ4n) is 4.26. The van der Waals surface area contributed by atoms with Gasteiger partial charge in [0.2, 0.25) is 17.7 Å². The zero-order valence-corrected chi connectivity index (χ0v) is 21.5. The smallest absolute Gasteiger partial charge is 0.326 e. The largest absolute Gasteiger partial charge is 0.480 e. The number of carboxylic acids is 1. The van der Waals surface area contributed by atoms with E-state index in [-0.39, 0.29) is 31.9 Å². The number of nitrogens with one attached hydrogen (secondary N) is 3. The number of nitrogens with zero attached hydrogens (tertiary/aromatic N) is 3. The van der Waals surface area contributed by atoms with Crippen LogP contribution in [0.15, 0.2) is 17.5 Å². The molecule has 1 aromatic heterocycles. The highest BCUT2D eigenvalue weighted by Crippen LogP contribution is 2.20.